The minimum Gasteiger partial charge on any atom is -0.377 e. The van der Waals surface area contributed by atoms with Crippen molar-refractivity contribution in [1.82, 2.24) is 9.97 Å². The second-order valence-corrected chi connectivity index (χ2v) is 9.99. The van der Waals surface area contributed by atoms with Gasteiger partial charge >= 0.3 is 0 Å². The molecule has 23 heavy (non-hydrogen) atoms. The second-order valence-electron chi connectivity index (χ2n) is 6.60. The lowest BCUT2D eigenvalue weighted by Crippen LogP contribution is -2.44. The molecule has 6 nitrogen and oxygen atoms in total. The number of morpholine rings is 1. The van der Waals surface area contributed by atoms with Gasteiger partial charge in [-0.1, -0.05) is 0 Å². The first kappa shape index (κ1) is 18.4. The molecule has 0 spiro atoms. The molecule has 1 unspecified atom stereocenters. The number of rotatable bonds is 4. The van der Waals surface area contributed by atoms with E-state index in [9.17, 15) is 8.42 Å². The van der Waals surface area contributed by atoms with Crippen molar-refractivity contribution in [2.24, 2.45) is 0 Å². The normalized spacial score (nSPS) is 20.1. The third kappa shape index (κ3) is 3.46. The van der Waals surface area contributed by atoms with Crippen LogP contribution in [-0.4, -0.2) is 49.4 Å². The lowest BCUT2D eigenvalue weighted by Gasteiger charge is -2.35. The fourth-order valence-corrected chi connectivity index (χ4v) is 4.42. The van der Waals surface area contributed by atoms with Gasteiger partial charge in [0.2, 0.25) is 5.28 Å². The predicted octanol–water partition coefficient (Wildman–Crippen LogP) is 2.41. The van der Waals surface area contributed by atoms with Crippen molar-refractivity contribution in [1.29, 1.82) is 0 Å². The lowest BCUT2D eigenvalue weighted by atomic mass is 10.1. The van der Waals surface area contributed by atoms with Crippen molar-refractivity contribution in [2.75, 3.05) is 24.7 Å². The molecular weight excluding hydrogens is 338 g/mol. The maximum absolute atomic E-state index is 12.7. The Hall–Kier alpha value is -0.920. The molecule has 0 amide bonds. The Bertz CT molecular complexity index is 677. The van der Waals surface area contributed by atoms with Gasteiger partial charge in [-0.05, 0) is 46.2 Å². The van der Waals surface area contributed by atoms with E-state index in [0.717, 1.165) is 0 Å². The van der Waals surface area contributed by atoms with Crippen LogP contribution in [0.15, 0.2) is 6.07 Å². The summed E-state index contributed by atoms with van der Waals surface area (Å²) < 4.78 is 29.6. The Labute approximate surface area is 143 Å². The van der Waals surface area contributed by atoms with E-state index in [1.807, 2.05) is 6.92 Å². The zero-order chi connectivity index (χ0) is 17.4. The standard InChI is InChI=1S/C15H24ClN3O3S/c1-10(2)23(20,21)15(4,5)12-8-13(18-14(16)17-12)19-6-7-22-9-11(19)3/h8,10-11H,6-7,9H2,1-5H3. The molecule has 1 aliphatic rings. The van der Waals surface area contributed by atoms with Crippen LogP contribution in [0.25, 0.3) is 0 Å². The molecule has 0 aliphatic carbocycles. The Kier molecular flexibility index (Phi) is 5.23. The van der Waals surface area contributed by atoms with E-state index in [1.165, 1.54) is 0 Å². The molecule has 0 radical (unpaired) electrons. The average Bonchev–Trinajstić information content (AvgIpc) is 2.46. The van der Waals surface area contributed by atoms with Gasteiger partial charge < -0.3 is 9.64 Å². The Morgan fingerprint density at radius 2 is 2.04 bits per heavy atom. The molecule has 0 aromatic carbocycles. The summed E-state index contributed by atoms with van der Waals surface area (Å²) >= 11 is 6.08. The van der Waals surface area contributed by atoms with Crippen LogP contribution >= 0.6 is 11.6 Å². The van der Waals surface area contributed by atoms with Crippen LogP contribution in [0.5, 0.6) is 0 Å². The molecule has 1 aliphatic heterocycles. The number of ether oxygens (including phenoxy) is 1. The van der Waals surface area contributed by atoms with Crippen molar-refractivity contribution < 1.29 is 13.2 Å². The van der Waals surface area contributed by atoms with Crippen molar-refractivity contribution in [2.45, 2.75) is 50.7 Å². The molecule has 0 bridgehead atoms. The minimum absolute atomic E-state index is 0.0585. The molecule has 1 atom stereocenters. The number of halogens is 1. The van der Waals surface area contributed by atoms with Crippen LogP contribution in [-0.2, 0) is 19.3 Å². The molecule has 2 heterocycles. The Balaban J connectivity index is 2.49. The van der Waals surface area contributed by atoms with Crippen LogP contribution in [0.2, 0.25) is 5.28 Å². The van der Waals surface area contributed by atoms with Crippen molar-refractivity contribution in [3.8, 4) is 0 Å². The monoisotopic (exact) mass is 361 g/mol. The zero-order valence-corrected chi connectivity index (χ0v) is 15.8. The van der Waals surface area contributed by atoms with E-state index in [4.69, 9.17) is 16.3 Å². The van der Waals surface area contributed by atoms with Crippen LogP contribution in [0, 0.1) is 0 Å². The summed E-state index contributed by atoms with van der Waals surface area (Å²) in [7, 11) is -3.40. The molecular formula is C15H24ClN3O3S. The van der Waals surface area contributed by atoms with Gasteiger partial charge in [0, 0.05) is 12.6 Å². The van der Waals surface area contributed by atoms with E-state index in [2.05, 4.69) is 14.9 Å². The summed E-state index contributed by atoms with van der Waals surface area (Å²) in [5.74, 6) is 0.642. The number of aromatic nitrogens is 2. The SMILES string of the molecule is CC1COCCN1c1cc(C(C)(C)S(=O)(=O)C(C)C)nc(Cl)n1. The zero-order valence-electron chi connectivity index (χ0n) is 14.2. The quantitative estimate of drug-likeness (QED) is 0.767. The van der Waals surface area contributed by atoms with Crippen LogP contribution in [0.1, 0.15) is 40.3 Å². The summed E-state index contributed by atoms with van der Waals surface area (Å²) in [6.45, 7) is 10.6. The highest BCUT2D eigenvalue weighted by Crippen LogP contribution is 2.34. The first-order valence-corrected chi connectivity index (χ1v) is 9.62. The Morgan fingerprint density at radius 3 is 2.61 bits per heavy atom. The third-order valence-corrected chi connectivity index (χ3v) is 7.34. The summed E-state index contributed by atoms with van der Waals surface area (Å²) in [5, 5.41) is -0.444. The highest BCUT2D eigenvalue weighted by molar-refractivity contribution is 7.92. The van der Waals surface area contributed by atoms with Crippen LogP contribution in [0.3, 0.4) is 0 Å². The maximum Gasteiger partial charge on any atom is 0.224 e. The number of nitrogens with zero attached hydrogens (tertiary/aromatic N) is 3. The topological polar surface area (TPSA) is 72.4 Å². The van der Waals surface area contributed by atoms with Gasteiger partial charge in [-0.25, -0.2) is 18.4 Å². The second kappa shape index (κ2) is 6.53. The predicted molar refractivity (Wildman–Crippen MR) is 91.8 cm³/mol. The third-order valence-electron chi connectivity index (χ3n) is 4.30. The van der Waals surface area contributed by atoms with Crippen LogP contribution < -0.4 is 4.90 Å². The van der Waals surface area contributed by atoms with Gasteiger partial charge in [0.15, 0.2) is 9.84 Å². The van der Waals surface area contributed by atoms with Gasteiger partial charge in [-0.2, -0.15) is 0 Å². The molecule has 0 saturated carbocycles. The highest BCUT2D eigenvalue weighted by atomic mass is 35.5. The van der Waals surface area contributed by atoms with E-state index >= 15 is 0 Å². The van der Waals surface area contributed by atoms with E-state index in [1.54, 1.807) is 33.8 Å². The van der Waals surface area contributed by atoms with E-state index in [-0.39, 0.29) is 11.3 Å². The molecule has 2 rings (SSSR count). The number of sulfone groups is 1. The molecule has 1 aromatic rings. The first-order chi connectivity index (χ1) is 10.6. The molecule has 8 heteroatoms. The number of anilines is 1. The summed E-state index contributed by atoms with van der Waals surface area (Å²) in [5.41, 5.74) is 0.417. The lowest BCUT2D eigenvalue weighted by molar-refractivity contribution is 0.0985. The smallest absolute Gasteiger partial charge is 0.224 e. The highest BCUT2D eigenvalue weighted by Gasteiger charge is 2.40. The van der Waals surface area contributed by atoms with Crippen LogP contribution in [0.4, 0.5) is 5.82 Å². The van der Waals surface area contributed by atoms with E-state index < -0.39 is 19.8 Å². The fraction of sp³-hybridized carbons (Fsp3) is 0.733. The number of hydrogen-bond acceptors (Lipinski definition) is 6. The first-order valence-electron chi connectivity index (χ1n) is 7.70. The minimum atomic E-state index is -3.40. The fourth-order valence-electron chi connectivity index (χ4n) is 2.66. The van der Waals surface area contributed by atoms with Crippen molar-refractivity contribution in [3.05, 3.63) is 17.0 Å². The molecule has 0 N–H and O–H groups in total. The van der Waals surface area contributed by atoms with Gasteiger partial charge in [0.25, 0.3) is 0 Å². The molecule has 1 aromatic heterocycles. The van der Waals surface area contributed by atoms with Gasteiger partial charge in [-0.3, -0.25) is 0 Å². The summed E-state index contributed by atoms with van der Waals surface area (Å²) in [6.07, 6.45) is 0. The molecule has 130 valence electrons. The van der Waals surface area contributed by atoms with Crippen molar-refractivity contribution >= 4 is 27.3 Å². The van der Waals surface area contributed by atoms with Gasteiger partial charge in [0.1, 0.15) is 10.6 Å². The number of hydrogen-bond donors (Lipinski definition) is 0. The molecule has 1 fully saturated rings. The summed E-state index contributed by atoms with van der Waals surface area (Å²) in [6, 6.07) is 1.88. The van der Waals surface area contributed by atoms with E-state index in [0.29, 0.717) is 31.3 Å². The molecule has 1 saturated heterocycles. The maximum atomic E-state index is 12.7. The van der Waals surface area contributed by atoms with Crippen molar-refractivity contribution in [3.63, 3.8) is 0 Å². The average molecular weight is 362 g/mol. The van der Waals surface area contributed by atoms with Gasteiger partial charge in [-0.15, -0.1) is 0 Å². The Morgan fingerprint density at radius 1 is 1.39 bits per heavy atom. The summed E-state index contributed by atoms with van der Waals surface area (Å²) in [4.78, 5) is 10.5. The van der Waals surface area contributed by atoms with Gasteiger partial charge in [0.05, 0.1) is 30.2 Å². The largest absolute Gasteiger partial charge is 0.377 e.